The summed E-state index contributed by atoms with van der Waals surface area (Å²) in [5, 5.41) is 3.13. The van der Waals surface area contributed by atoms with E-state index in [0.717, 1.165) is 32.2 Å². The Morgan fingerprint density at radius 1 is 1.19 bits per heavy atom. The highest BCUT2D eigenvalue weighted by Crippen LogP contribution is 2.19. The van der Waals surface area contributed by atoms with Gasteiger partial charge in [0.15, 0.2) is 0 Å². The number of carbonyl (C=O) groups excluding carboxylic acids is 1. The van der Waals surface area contributed by atoms with Crippen molar-refractivity contribution in [3.05, 3.63) is 18.5 Å². The van der Waals surface area contributed by atoms with Gasteiger partial charge in [0.25, 0.3) is 0 Å². The molecule has 21 heavy (non-hydrogen) atoms. The van der Waals surface area contributed by atoms with Crippen LogP contribution < -0.4 is 10.1 Å². The number of ether oxygens (including phenoxy) is 1. The number of carbonyl (C=O) groups is 1. The first-order chi connectivity index (χ1) is 10.3. The van der Waals surface area contributed by atoms with Crippen LogP contribution in [-0.4, -0.2) is 46.1 Å². The summed E-state index contributed by atoms with van der Waals surface area (Å²) in [7, 11) is 0. The molecule has 1 saturated heterocycles. The van der Waals surface area contributed by atoms with E-state index >= 15 is 0 Å². The summed E-state index contributed by atoms with van der Waals surface area (Å²) >= 11 is 0. The third-order valence-electron chi connectivity index (χ3n) is 4.16. The molecule has 3 rings (SSSR count). The fourth-order valence-corrected chi connectivity index (χ4v) is 3.05. The largest absolute Gasteiger partial charge is 0.458 e. The molecule has 2 aliphatic rings. The lowest BCUT2D eigenvalue weighted by Crippen LogP contribution is -2.50. The van der Waals surface area contributed by atoms with Gasteiger partial charge in [0, 0.05) is 25.0 Å². The summed E-state index contributed by atoms with van der Waals surface area (Å²) in [4.78, 5) is 22.3. The Balaban J connectivity index is 1.51. The molecule has 1 aromatic heterocycles. The number of piperidine rings is 1. The molecule has 0 bridgehead atoms. The SMILES string of the molecule is O=C(NC1CCCC1)N1CCCC(Oc2ncccn2)C1. The molecule has 1 aromatic rings. The molecule has 6 heteroatoms. The Morgan fingerprint density at radius 3 is 2.71 bits per heavy atom. The first-order valence-corrected chi connectivity index (χ1v) is 7.80. The Bertz CT molecular complexity index is 462. The van der Waals surface area contributed by atoms with E-state index in [-0.39, 0.29) is 12.1 Å². The van der Waals surface area contributed by atoms with Crippen molar-refractivity contribution in [1.29, 1.82) is 0 Å². The number of hydrogen-bond acceptors (Lipinski definition) is 4. The first-order valence-electron chi connectivity index (χ1n) is 7.80. The van der Waals surface area contributed by atoms with E-state index in [2.05, 4.69) is 15.3 Å². The molecule has 1 atom stereocenters. The molecule has 0 radical (unpaired) electrons. The number of urea groups is 1. The fourth-order valence-electron chi connectivity index (χ4n) is 3.05. The normalized spacial score (nSPS) is 23.0. The van der Waals surface area contributed by atoms with Gasteiger partial charge in [-0.15, -0.1) is 0 Å². The van der Waals surface area contributed by atoms with E-state index in [9.17, 15) is 4.79 Å². The Morgan fingerprint density at radius 2 is 1.95 bits per heavy atom. The second-order valence-electron chi connectivity index (χ2n) is 5.79. The molecular formula is C15H22N4O2. The third kappa shape index (κ3) is 3.83. The highest BCUT2D eigenvalue weighted by atomic mass is 16.5. The number of nitrogens with one attached hydrogen (secondary N) is 1. The van der Waals surface area contributed by atoms with E-state index in [4.69, 9.17) is 4.74 Å². The van der Waals surface area contributed by atoms with Crippen molar-refractivity contribution < 1.29 is 9.53 Å². The number of aromatic nitrogens is 2. The number of amides is 2. The maximum atomic E-state index is 12.3. The van der Waals surface area contributed by atoms with Crippen LogP contribution in [0.3, 0.4) is 0 Å². The van der Waals surface area contributed by atoms with Crippen LogP contribution in [-0.2, 0) is 0 Å². The van der Waals surface area contributed by atoms with Crippen molar-refractivity contribution >= 4 is 6.03 Å². The van der Waals surface area contributed by atoms with E-state index in [1.165, 1.54) is 12.8 Å². The lowest BCUT2D eigenvalue weighted by atomic mass is 10.1. The smallest absolute Gasteiger partial charge is 0.317 e. The molecule has 1 saturated carbocycles. The van der Waals surface area contributed by atoms with E-state index in [0.29, 0.717) is 18.6 Å². The molecule has 2 heterocycles. The standard InChI is InChI=1S/C15H22N4O2/c20-15(18-12-5-1-2-6-12)19-10-3-7-13(11-19)21-14-16-8-4-9-17-14/h4,8-9,12-13H,1-3,5-7,10-11H2,(H,18,20). The van der Waals surface area contributed by atoms with Crippen LogP contribution in [0.4, 0.5) is 4.79 Å². The predicted molar refractivity (Wildman–Crippen MR) is 78.0 cm³/mol. The van der Waals surface area contributed by atoms with Crippen molar-refractivity contribution in [3.63, 3.8) is 0 Å². The highest BCUT2D eigenvalue weighted by Gasteiger charge is 2.27. The molecule has 1 N–H and O–H groups in total. The zero-order valence-electron chi connectivity index (χ0n) is 12.2. The molecule has 1 aliphatic carbocycles. The van der Waals surface area contributed by atoms with Gasteiger partial charge in [0.1, 0.15) is 6.10 Å². The van der Waals surface area contributed by atoms with Crippen LogP contribution in [0.5, 0.6) is 6.01 Å². The van der Waals surface area contributed by atoms with Crippen molar-refractivity contribution in [2.24, 2.45) is 0 Å². The summed E-state index contributed by atoms with van der Waals surface area (Å²) in [5.41, 5.74) is 0. The molecule has 1 unspecified atom stereocenters. The zero-order chi connectivity index (χ0) is 14.5. The molecule has 0 aromatic carbocycles. The van der Waals surface area contributed by atoms with Gasteiger partial charge in [-0.2, -0.15) is 0 Å². The van der Waals surface area contributed by atoms with Gasteiger partial charge in [-0.05, 0) is 31.7 Å². The van der Waals surface area contributed by atoms with E-state index in [1.54, 1.807) is 18.5 Å². The molecule has 2 fully saturated rings. The lowest BCUT2D eigenvalue weighted by molar-refractivity contribution is 0.0929. The Labute approximate surface area is 124 Å². The van der Waals surface area contributed by atoms with Crippen LogP contribution in [0.2, 0.25) is 0 Å². The van der Waals surface area contributed by atoms with Crippen LogP contribution in [0.25, 0.3) is 0 Å². The molecule has 0 spiro atoms. The predicted octanol–water partition coefficient (Wildman–Crippen LogP) is 1.97. The summed E-state index contributed by atoms with van der Waals surface area (Å²) in [6.45, 7) is 1.41. The quantitative estimate of drug-likeness (QED) is 0.924. The molecule has 1 aliphatic heterocycles. The maximum absolute atomic E-state index is 12.3. The van der Waals surface area contributed by atoms with Crippen molar-refractivity contribution in [3.8, 4) is 6.01 Å². The summed E-state index contributed by atoms with van der Waals surface area (Å²) in [5.74, 6) is 0. The average molecular weight is 290 g/mol. The van der Waals surface area contributed by atoms with E-state index in [1.807, 2.05) is 4.90 Å². The number of nitrogens with zero attached hydrogens (tertiary/aromatic N) is 3. The van der Waals surface area contributed by atoms with Crippen molar-refractivity contribution in [1.82, 2.24) is 20.2 Å². The van der Waals surface area contributed by atoms with Crippen LogP contribution in [0.1, 0.15) is 38.5 Å². The zero-order valence-corrected chi connectivity index (χ0v) is 12.2. The fraction of sp³-hybridized carbons (Fsp3) is 0.667. The van der Waals surface area contributed by atoms with Crippen molar-refractivity contribution in [2.75, 3.05) is 13.1 Å². The second kappa shape index (κ2) is 6.74. The van der Waals surface area contributed by atoms with Gasteiger partial charge in [0.05, 0.1) is 6.54 Å². The second-order valence-corrected chi connectivity index (χ2v) is 5.79. The first kappa shape index (κ1) is 14.1. The van der Waals surface area contributed by atoms with Crippen LogP contribution >= 0.6 is 0 Å². The van der Waals surface area contributed by atoms with Crippen molar-refractivity contribution in [2.45, 2.75) is 50.7 Å². The molecule has 114 valence electrons. The summed E-state index contributed by atoms with van der Waals surface area (Å²) in [6, 6.07) is 2.55. The lowest BCUT2D eigenvalue weighted by Gasteiger charge is -2.33. The average Bonchev–Trinajstić information content (AvgIpc) is 3.01. The Hall–Kier alpha value is -1.85. The van der Waals surface area contributed by atoms with Gasteiger partial charge in [-0.3, -0.25) is 0 Å². The van der Waals surface area contributed by atoms with Gasteiger partial charge in [0.2, 0.25) is 0 Å². The van der Waals surface area contributed by atoms with Gasteiger partial charge in [-0.1, -0.05) is 12.8 Å². The van der Waals surface area contributed by atoms with E-state index < -0.39 is 0 Å². The minimum Gasteiger partial charge on any atom is -0.458 e. The Kier molecular flexibility index (Phi) is 4.52. The third-order valence-corrected chi connectivity index (χ3v) is 4.16. The van der Waals surface area contributed by atoms with Gasteiger partial charge >= 0.3 is 12.0 Å². The number of likely N-dealkylation sites (tertiary alicyclic amines) is 1. The van der Waals surface area contributed by atoms with Gasteiger partial charge < -0.3 is 15.0 Å². The molecule has 2 amide bonds. The molecule has 6 nitrogen and oxygen atoms in total. The number of rotatable bonds is 3. The monoisotopic (exact) mass is 290 g/mol. The number of hydrogen-bond donors (Lipinski definition) is 1. The minimum atomic E-state index is -0.0181. The van der Waals surface area contributed by atoms with Crippen LogP contribution in [0, 0.1) is 0 Å². The van der Waals surface area contributed by atoms with Gasteiger partial charge in [-0.25, -0.2) is 14.8 Å². The topological polar surface area (TPSA) is 67.4 Å². The maximum Gasteiger partial charge on any atom is 0.317 e. The molecular weight excluding hydrogens is 268 g/mol. The van der Waals surface area contributed by atoms with Crippen LogP contribution in [0.15, 0.2) is 18.5 Å². The summed E-state index contributed by atoms with van der Waals surface area (Å²) in [6.07, 6.45) is 9.86. The summed E-state index contributed by atoms with van der Waals surface area (Å²) < 4.78 is 5.76. The highest BCUT2D eigenvalue weighted by molar-refractivity contribution is 5.74. The minimum absolute atomic E-state index is 0.0181.